The van der Waals surface area contributed by atoms with Crippen molar-refractivity contribution in [1.82, 2.24) is 9.97 Å². The first-order valence-corrected chi connectivity index (χ1v) is 9.99. The molecule has 0 aliphatic carbocycles. The molecule has 2 aromatic rings. The van der Waals surface area contributed by atoms with Gasteiger partial charge in [-0.15, -0.1) is 22.7 Å². The van der Waals surface area contributed by atoms with Crippen molar-refractivity contribution in [3.05, 3.63) is 32.2 Å². The lowest BCUT2D eigenvalue weighted by atomic mass is 10.1. The molecule has 1 aliphatic rings. The second-order valence-corrected chi connectivity index (χ2v) is 7.89. The number of rotatable bonds is 7. The zero-order chi connectivity index (χ0) is 16.7. The number of aromatic nitrogens is 2. The highest BCUT2D eigenvalue weighted by molar-refractivity contribution is 7.09. The number of thiazole rings is 2. The standard InChI is InChI=1S/C11H19NOS.C6H7NOS/c1-3-4-5-6-7-11(13)10-8-14-9(2)12-10;1-4-7-5(3-9-4)6-2-8-6/h8,11,13H,3-7H2,1-2H3;3,6H,2H2,1H3/t11-;/m0./s1. The lowest BCUT2D eigenvalue weighted by molar-refractivity contribution is 0.159. The monoisotopic (exact) mass is 354 g/mol. The molecule has 3 rings (SSSR count). The predicted molar refractivity (Wildman–Crippen MR) is 96.1 cm³/mol. The predicted octanol–water partition coefficient (Wildman–Crippen LogP) is 4.98. The topological polar surface area (TPSA) is 58.5 Å². The number of ether oxygens (including phenoxy) is 1. The zero-order valence-corrected chi connectivity index (χ0v) is 15.8. The first kappa shape index (κ1) is 18.5. The summed E-state index contributed by atoms with van der Waals surface area (Å²) in [5.41, 5.74) is 1.96. The van der Waals surface area contributed by atoms with E-state index in [9.17, 15) is 5.11 Å². The van der Waals surface area contributed by atoms with Crippen LogP contribution in [-0.4, -0.2) is 21.7 Å². The van der Waals surface area contributed by atoms with Gasteiger partial charge in [0.2, 0.25) is 0 Å². The molecule has 0 bridgehead atoms. The van der Waals surface area contributed by atoms with Gasteiger partial charge in [0.1, 0.15) is 6.10 Å². The summed E-state index contributed by atoms with van der Waals surface area (Å²) in [5, 5.41) is 16.0. The molecule has 6 heteroatoms. The van der Waals surface area contributed by atoms with Crippen LogP contribution in [-0.2, 0) is 4.74 Å². The normalized spacial score (nSPS) is 17.5. The van der Waals surface area contributed by atoms with E-state index in [4.69, 9.17) is 4.74 Å². The van der Waals surface area contributed by atoms with Crippen molar-refractivity contribution in [3.8, 4) is 0 Å². The number of unbranched alkanes of at least 4 members (excludes halogenated alkanes) is 3. The summed E-state index contributed by atoms with van der Waals surface area (Å²) in [6.45, 7) is 7.04. The average Bonchev–Trinajstić information content (AvgIpc) is 3.15. The van der Waals surface area contributed by atoms with Crippen LogP contribution < -0.4 is 0 Å². The van der Waals surface area contributed by atoms with Crippen molar-refractivity contribution in [2.75, 3.05) is 6.61 Å². The Morgan fingerprint density at radius 2 is 1.87 bits per heavy atom. The van der Waals surface area contributed by atoms with Crippen LogP contribution in [0.5, 0.6) is 0 Å². The second kappa shape index (κ2) is 9.47. The Kier molecular flexibility index (Phi) is 7.62. The number of nitrogens with zero attached hydrogens (tertiary/aromatic N) is 2. The van der Waals surface area contributed by atoms with Crippen molar-refractivity contribution in [2.45, 2.75) is 65.1 Å². The van der Waals surface area contributed by atoms with Crippen molar-refractivity contribution < 1.29 is 9.84 Å². The number of aryl methyl sites for hydroxylation is 2. The van der Waals surface area contributed by atoms with Gasteiger partial charge in [-0.1, -0.05) is 32.6 Å². The summed E-state index contributed by atoms with van der Waals surface area (Å²) in [6.07, 6.45) is 5.66. The van der Waals surface area contributed by atoms with Gasteiger partial charge in [0.15, 0.2) is 0 Å². The van der Waals surface area contributed by atoms with Crippen molar-refractivity contribution >= 4 is 22.7 Å². The van der Waals surface area contributed by atoms with Crippen LogP contribution in [0.4, 0.5) is 0 Å². The first-order valence-electron chi connectivity index (χ1n) is 8.23. The summed E-state index contributed by atoms with van der Waals surface area (Å²) in [5.74, 6) is 0. The Morgan fingerprint density at radius 1 is 1.17 bits per heavy atom. The molecular formula is C17H26N2O2S2. The van der Waals surface area contributed by atoms with Gasteiger partial charge in [-0.05, 0) is 20.3 Å². The Morgan fingerprint density at radius 3 is 2.39 bits per heavy atom. The van der Waals surface area contributed by atoms with Crippen LogP contribution in [0.25, 0.3) is 0 Å². The third-order valence-corrected chi connectivity index (χ3v) is 5.19. The summed E-state index contributed by atoms with van der Waals surface area (Å²) in [4.78, 5) is 8.54. The molecule has 1 fully saturated rings. The molecule has 4 nitrogen and oxygen atoms in total. The molecule has 1 unspecified atom stereocenters. The third kappa shape index (κ3) is 6.67. The molecule has 0 amide bonds. The summed E-state index contributed by atoms with van der Waals surface area (Å²) in [7, 11) is 0. The maximum absolute atomic E-state index is 9.78. The smallest absolute Gasteiger partial charge is 0.124 e. The highest BCUT2D eigenvalue weighted by Gasteiger charge is 2.26. The van der Waals surface area contributed by atoms with Crippen molar-refractivity contribution in [3.63, 3.8) is 0 Å². The van der Waals surface area contributed by atoms with E-state index in [2.05, 4.69) is 22.3 Å². The lowest BCUT2D eigenvalue weighted by Crippen LogP contribution is -1.97. The van der Waals surface area contributed by atoms with E-state index < -0.39 is 0 Å². The minimum absolute atomic E-state index is 0.329. The minimum Gasteiger partial charge on any atom is -0.387 e. The van der Waals surface area contributed by atoms with E-state index in [1.54, 1.807) is 22.7 Å². The van der Waals surface area contributed by atoms with Gasteiger partial charge in [0.05, 0.1) is 34.1 Å². The Labute approximate surface area is 146 Å². The fraction of sp³-hybridized carbons (Fsp3) is 0.647. The Balaban J connectivity index is 0.000000182. The Bertz CT molecular complexity index is 579. The highest BCUT2D eigenvalue weighted by atomic mass is 32.1. The molecule has 1 aliphatic heterocycles. The quantitative estimate of drug-likeness (QED) is 0.563. The first-order chi connectivity index (χ1) is 11.1. The molecule has 0 spiro atoms. The SMILES string of the molecule is CCCCCC[C@H](O)c1csc(C)n1.Cc1nc(C2CO2)cs1. The number of epoxide rings is 1. The van der Waals surface area contributed by atoms with Crippen molar-refractivity contribution in [1.29, 1.82) is 0 Å². The van der Waals surface area contributed by atoms with Crippen LogP contribution in [0.2, 0.25) is 0 Å². The van der Waals surface area contributed by atoms with Gasteiger partial charge in [-0.2, -0.15) is 0 Å². The van der Waals surface area contributed by atoms with Crippen LogP contribution in [0.3, 0.4) is 0 Å². The van der Waals surface area contributed by atoms with Crippen molar-refractivity contribution in [2.24, 2.45) is 0 Å². The number of aliphatic hydroxyl groups excluding tert-OH is 1. The molecule has 0 aromatic carbocycles. The van der Waals surface area contributed by atoms with Crippen LogP contribution in [0.1, 0.15) is 72.6 Å². The van der Waals surface area contributed by atoms with Gasteiger partial charge in [-0.25, -0.2) is 9.97 Å². The van der Waals surface area contributed by atoms with Gasteiger partial charge >= 0.3 is 0 Å². The molecule has 3 heterocycles. The van der Waals surface area contributed by atoms with Crippen LogP contribution in [0.15, 0.2) is 10.8 Å². The van der Waals surface area contributed by atoms with Gasteiger partial charge in [0, 0.05) is 10.8 Å². The van der Waals surface area contributed by atoms with Gasteiger partial charge < -0.3 is 9.84 Å². The lowest BCUT2D eigenvalue weighted by Gasteiger charge is -2.06. The minimum atomic E-state index is -0.350. The maximum atomic E-state index is 9.78. The Hall–Kier alpha value is -0.820. The van der Waals surface area contributed by atoms with E-state index in [1.165, 1.54) is 19.3 Å². The molecule has 1 N–H and O–H groups in total. The largest absolute Gasteiger partial charge is 0.387 e. The number of aliphatic hydroxyl groups is 1. The fourth-order valence-corrected chi connectivity index (χ4v) is 3.51. The fourth-order valence-electron chi connectivity index (χ4n) is 2.19. The molecule has 128 valence electrons. The van der Waals surface area contributed by atoms with Crippen LogP contribution >= 0.6 is 22.7 Å². The third-order valence-electron chi connectivity index (χ3n) is 3.61. The van der Waals surface area contributed by atoms with Gasteiger partial charge in [-0.3, -0.25) is 0 Å². The molecular weight excluding hydrogens is 328 g/mol. The maximum Gasteiger partial charge on any atom is 0.124 e. The van der Waals surface area contributed by atoms with E-state index in [0.29, 0.717) is 6.10 Å². The summed E-state index contributed by atoms with van der Waals surface area (Å²) in [6, 6.07) is 0. The molecule has 0 saturated carbocycles. The highest BCUT2D eigenvalue weighted by Crippen LogP contribution is 2.29. The average molecular weight is 355 g/mol. The summed E-state index contributed by atoms with van der Waals surface area (Å²) >= 11 is 3.29. The molecule has 0 radical (unpaired) electrons. The molecule has 2 aromatic heterocycles. The summed E-state index contributed by atoms with van der Waals surface area (Å²) < 4.78 is 5.05. The number of hydrogen-bond acceptors (Lipinski definition) is 6. The molecule has 1 saturated heterocycles. The molecule has 2 atom stereocenters. The number of hydrogen-bond donors (Lipinski definition) is 1. The van der Waals surface area contributed by atoms with Crippen LogP contribution in [0, 0.1) is 13.8 Å². The van der Waals surface area contributed by atoms with E-state index in [0.717, 1.165) is 40.9 Å². The van der Waals surface area contributed by atoms with E-state index in [1.807, 2.05) is 19.2 Å². The molecule has 23 heavy (non-hydrogen) atoms. The van der Waals surface area contributed by atoms with E-state index >= 15 is 0 Å². The zero-order valence-electron chi connectivity index (χ0n) is 14.1. The van der Waals surface area contributed by atoms with Gasteiger partial charge in [0.25, 0.3) is 0 Å². The van der Waals surface area contributed by atoms with E-state index in [-0.39, 0.29) is 6.10 Å². The second-order valence-electron chi connectivity index (χ2n) is 5.77.